The molecular formula is C23H25ClN2O4. The van der Waals surface area contributed by atoms with E-state index < -0.39 is 0 Å². The maximum atomic E-state index is 12.8. The van der Waals surface area contributed by atoms with Gasteiger partial charge in [-0.15, -0.1) is 0 Å². The summed E-state index contributed by atoms with van der Waals surface area (Å²) < 4.78 is 11.2. The molecular weight excluding hydrogens is 404 g/mol. The minimum Gasteiger partial charge on any atom is -0.491 e. The first-order valence-electron chi connectivity index (χ1n) is 10.3. The van der Waals surface area contributed by atoms with E-state index in [0.29, 0.717) is 54.8 Å². The Balaban J connectivity index is 1.34. The zero-order valence-corrected chi connectivity index (χ0v) is 17.5. The van der Waals surface area contributed by atoms with Gasteiger partial charge in [-0.3, -0.25) is 9.59 Å². The number of likely N-dealkylation sites (tertiary alicyclic amines) is 1. The summed E-state index contributed by atoms with van der Waals surface area (Å²) in [7, 11) is 0. The predicted octanol–water partition coefficient (Wildman–Crippen LogP) is 3.50. The maximum absolute atomic E-state index is 12.8. The molecule has 7 heteroatoms. The number of carbonyl (C=O) groups is 2. The van der Waals surface area contributed by atoms with Gasteiger partial charge in [0.15, 0.2) is 0 Å². The number of morpholine rings is 1. The van der Waals surface area contributed by atoms with Gasteiger partial charge in [-0.2, -0.15) is 0 Å². The molecule has 2 amide bonds. The third-order valence-corrected chi connectivity index (χ3v) is 5.82. The van der Waals surface area contributed by atoms with Crippen LogP contribution in [-0.4, -0.2) is 67.1 Å². The minimum absolute atomic E-state index is 0.00391. The fourth-order valence-corrected chi connectivity index (χ4v) is 4.00. The number of benzene rings is 2. The Hall–Kier alpha value is -2.57. The molecule has 30 heavy (non-hydrogen) atoms. The fourth-order valence-electron chi connectivity index (χ4n) is 3.87. The van der Waals surface area contributed by atoms with Crippen LogP contribution in [0.2, 0.25) is 5.02 Å². The van der Waals surface area contributed by atoms with E-state index in [4.69, 9.17) is 21.1 Å². The molecule has 0 aliphatic carbocycles. The highest BCUT2D eigenvalue weighted by atomic mass is 35.5. The highest BCUT2D eigenvalue weighted by Crippen LogP contribution is 2.23. The molecule has 2 aliphatic heterocycles. The average Bonchev–Trinajstić information content (AvgIpc) is 3.27. The summed E-state index contributed by atoms with van der Waals surface area (Å²) in [5.74, 6) is 0.712. The van der Waals surface area contributed by atoms with Crippen molar-refractivity contribution in [2.75, 3.05) is 39.5 Å². The standard InChI is InChI=1S/C23H25ClN2O4/c24-19-7-3-18(4-8-19)23(28)26-11-1-2-20(26)16-30-21-9-5-17(6-10-21)22(27)25-12-14-29-15-13-25/h3-10,20H,1-2,11-16H2/t20-/m0/s1. The van der Waals surface area contributed by atoms with Gasteiger partial charge in [0.1, 0.15) is 12.4 Å². The van der Waals surface area contributed by atoms with Crippen LogP contribution >= 0.6 is 11.6 Å². The monoisotopic (exact) mass is 428 g/mol. The van der Waals surface area contributed by atoms with Crippen LogP contribution in [0.5, 0.6) is 5.75 Å². The van der Waals surface area contributed by atoms with Gasteiger partial charge in [-0.25, -0.2) is 0 Å². The van der Waals surface area contributed by atoms with Crippen LogP contribution in [0.25, 0.3) is 0 Å². The molecule has 158 valence electrons. The molecule has 6 nitrogen and oxygen atoms in total. The Morgan fingerprint density at radius 1 is 0.933 bits per heavy atom. The van der Waals surface area contributed by atoms with E-state index in [1.807, 2.05) is 17.0 Å². The third-order valence-electron chi connectivity index (χ3n) is 5.57. The molecule has 0 N–H and O–H groups in total. The van der Waals surface area contributed by atoms with Crippen molar-refractivity contribution in [2.24, 2.45) is 0 Å². The zero-order valence-electron chi connectivity index (χ0n) is 16.8. The molecule has 0 radical (unpaired) electrons. The second-order valence-corrected chi connectivity index (χ2v) is 7.98. The molecule has 0 saturated carbocycles. The van der Waals surface area contributed by atoms with Gasteiger partial charge in [-0.1, -0.05) is 11.6 Å². The SMILES string of the molecule is O=C(c1ccc(OC[C@@H]2CCCN2C(=O)c2ccc(Cl)cc2)cc1)N1CCOCC1. The number of carbonyl (C=O) groups excluding carboxylic acids is 2. The molecule has 0 bridgehead atoms. The normalized spacial score (nSPS) is 19.0. The third kappa shape index (κ3) is 4.77. The van der Waals surface area contributed by atoms with E-state index in [1.54, 1.807) is 41.3 Å². The Morgan fingerprint density at radius 2 is 1.57 bits per heavy atom. The molecule has 2 fully saturated rings. The van der Waals surface area contributed by atoms with Crippen molar-refractivity contribution < 1.29 is 19.1 Å². The number of amides is 2. The summed E-state index contributed by atoms with van der Waals surface area (Å²) in [6, 6.07) is 14.2. The number of rotatable bonds is 5. The quantitative estimate of drug-likeness (QED) is 0.731. The van der Waals surface area contributed by atoms with Crippen LogP contribution < -0.4 is 4.74 Å². The Labute approximate surface area is 181 Å². The van der Waals surface area contributed by atoms with E-state index in [-0.39, 0.29) is 17.9 Å². The number of hydrogen-bond acceptors (Lipinski definition) is 4. The molecule has 0 unspecified atom stereocenters. The van der Waals surface area contributed by atoms with E-state index >= 15 is 0 Å². The fraction of sp³-hybridized carbons (Fsp3) is 0.391. The molecule has 2 saturated heterocycles. The number of nitrogens with zero attached hydrogens (tertiary/aromatic N) is 2. The molecule has 1 atom stereocenters. The zero-order chi connectivity index (χ0) is 20.9. The van der Waals surface area contributed by atoms with Crippen LogP contribution in [0.1, 0.15) is 33.6 Å². The van der Waals surface area contributed by atoms with Crippen molar-refractivity contribution in [3.8, 4) is 5.75 Å². The summed E-state index contributed by atoms with van der Waals surface area (Å²) in [4.78, 5) is 29.0. The predicted molar refractivity (Wildman–Crippen MR) is 114 cm³/mol. The first kappa shape index (κ1) is 20.7. The highest BCUT2D eigenvalue weighted by Gasteiger charge is 2.30. The smallest absolute Gasteiger partial charge is 0.254 e. The van der Waals surface area contributed by atoms with Crippen LogP contribution in [0.15, 0.2) is 48.5 Å². The topological polar surface area (TPSA) is 59.1 Å². The van der Waals surface area contributed by atoms with Crippen LogP contribution in [0.3, 0.4) is 0 Å². The Morgan fingerprint density at radius 3 is 2.27 bits per heavy atom. The lowest BCUT2D eigenvalue weighted by Crippen LogP contribution is -2.40. The molecule has 4 rings (SSSR count). The number of hydrogen-bond donors (Lipinski definition) is 0. The first-order valence-corrected chi connectivity index (χ1v) is 10.7. The summed E-state index contributed by atoms with van der Waals surface area (Å²) in [5.41, 5.74) is 1.28. The summed E-state index contributed by atoms with van der Waals surface area (Å²) in [6.07, 6.45) is 1.87. The lowest BCUT2D eigenvalue weighted by molar-refractivity contribution is 0.0303. The summed E-state index contributed by atoms with van der Waals surface area (Å²) in [6.45, 7) is 3.56. The number of halogens is 1. The highest BCUT2D eigenvalue weighted by molar-refractivity contribution is 6.30. The number of ether oxygens (including phenoxy) is 2. The van der Waals surface area contributed by atoms with Crippen molar-refractivity contribution in [1.82, 2.24) is 9.80 Å². The van der Waals surface area contributed by atoms with Gasteiger partial charge in [0.05, 0.1) is 19.3 Å². The Bertz CT molecular complexity index is 879. The van der Waals surface area contributed by atoms with E-state index in [2.05, 4.69) is 0 Å². The molecule has 2 heterocycles. The van der Waals surface area contributed by atoms with Crippen LogP contribution in [-0.2, 0) is 4.74 Å². The van der Waals surface area contributed by atoms with Crippen LogP contribution in [0, 0.1) is 0 Å². The lowest BCUT2D eigenvalue weighted by Gasteiger charge is -2.27. The van der Waals surface area contributed by atoms with Gasteiger partial charge in [0.2, 0.25) is 0 Å². The van der Waals surface area contributed by atoms with Crippen molar-refractivity contribution in [1.29, 1.82) is 0 Å². The maximum Gasteiger partial charge on any atom is 0.254 e. The van der Waals surface area contributed by atoms with Crippen molar-refractivity contribution in [3.05, 3.63) is 64.7 Å². The second-order valence-electron chi connectivity index (χ2n) is 7.54. The van der Waals surface area contributed by atoms with E-state index in [1.165, 1.54) is 0 Å². The lowest BCUT2D eigenvalue weighted by atomic mass is 10.1. The van der Waals surface area contributed by atoms with Crippen molar-refractivity contribution in [3.63, 3.8) is 0 Å². The molecule has 2 aromatic carbocycles. The molecule has 0 spiro atoms. The van der Waals surface area contributed by atoms with Gasteiger partial charge in [-0.05, 0) is 61.4 Å². The minimum atomic E-state index is 0.00391. The van der Waals surface area contributed by atoms with E-state index in [0.717, 1.165) is 19.4 Å². The van der Waals surface area contributed by atoms with Gasteiger partial charge >= 0.3 is 0 Å². The Kier molecular flexibility index (Phi) is 6.55. The molecule has 0 aromatic heterocycles. The molecule has 2 aromatic rings. The largest absolute Gasteiger partial charge is 0.491 e. The van der Waals surface area contributed by atoms with Gasteiger partial charge in [0, 0.05) is 35.8 Å². The van der Waals surface area contributed by atoms with Crippen LogP contribution in [0.4, 0.5) is 0 Å². The average molecular weight is 429 g/mol. The first-order chi connectivity index (χ1) is 14.6. The summed E-state index contributed by atoms with van der Waals surface area (Å²) >= 11 is 5.92. The van der Waals surface area contributed by atoms with Crippen molar-refractivity contribution >= 4 is 23.4 Å². The van der Waals surface area contributed by atoms with E-state index in [9.17, 15) is 9.59 Å². The second kappa shape index (κ2) is 9.49. The van der Waals surface area contributed by atoms with Crippen molar-refractivity contribution in [2.45, 2.75) is 18.9 Å². The van der Waals surface area contributed by atoms with Gasteiger partial charge in [0.25, 0.3) is 11.8 Å². The molecule has 2 aliphatic rings. The summed E-state index contributed by atoms with van der Waals surface area (Å²) in [5, 5.41) is 0.614. The van der Waals surface area contributed by atoms with Gasteiger partial charge < -0.3 is 19.3 Å².